The van der Waals surface area contributed by atoms with Crippen LogP contribution in [0.15, 0.2) is 35.1 Å². The van der Waals surface area contributed by atoms with Crippen molar-refractivity contribution in [2.24, 2.45) is 11.8 Å². The fraction of sp³-hybridized carbons (Fsp3) is 0.621. The van der Waals surface area contributed by atoms with E-state index in [1.165, 1.54) is 32.0 Å². The Balaban J connectivity index is 1.17. The van der Waals surface area contributed by atoms with Crippen LogP contribution in [-0.4, -0.2) is 71.5 Å². The lowest BCUT2D eigenvalue weighted by Gasteiger charge is -2.38. The number of rotatable bonds is 9. The van der Waals surface area contributed by atoms with Crippen molar-refractivity contribution in [3.05, 3.63) is 51.9 Å². The molecule has 198 valence electrons. The van der Waals surface area contributed by atoms with Gasteiger partial charge >= 0.3 is 0 Å². The number of carbonyl (C=O) groups is 1. The number of aromatic nitrogens is 2. The summed E-state index contributed by atoms with van der Waals surface area (Å²) < 4.78 is 15.5. The molecule has 2 aromatic rings. The van der Waals surface area contributed by atoms with E-state index in [4.69, 9.17) is 0 Å². The second kappa shape index (κ2) is 10.6. The largest absolute Gasteiger partial charge is 0.353 e. The highest BCUT2D eigenvalue weighted by Crippen LogP contribution is 2.44. The molecule has 1 aromatic carbocycles. The van der Waals surface area contributed by atoms with Gasteiger partial charge in [-0.1, -0.05) is 35.0 Å². The Morgan fingerprint density at radius 1 is 1.05 bits per heavy atom. The van der Waals surface area contributed by atoms with Gasteiger partial charge < -0.3 is 14.7 Å². The number of anilines is 1. The fourth-order valence-electron chi connectivity index (χ4n) is 6.11. The van der Waals surface area contributed by atoms with Crippen molar-refractivity contribution in [2.45, 2.75) is 57.0 Å². The average Bonchev–Trinajstić information content (AvgIpc) is 3.84. The molecule has 1 saturated heterocycles. The molecule has 0 spiro atoms. The minimum atomic E-state index is -1.00. The number of carbonyl (C=O) groups excluding carboxylic acids is 1. The minimum Gasteiger partial charge on any atom is -0.353 e. The van der Waals surface area contributed by atoms with Crippen LogP contribution >= 0.6 is 15.9 Å². The predicted molar refractivity (Wildman–Crippen MR) is 146 cm³/mol. The third kappa shape index (κ3) is 5.70. The third-order valence-corrected chi connectivity index (χ3v) is 9.10. The highest BCUT2D eigenvalue weighted by Gasteiger charge is 2.37. The Kier molecular flexibility index (Phi) is 7.23. The highest BCUT2D eigenvalue weighted by molar-refractivity contribution is 9.10. The number of fused-ring (bicyclic) bond motifs is 1. The van der Waals surface area contributed by atoms with Crippen molar-refractivity contribution in [3.63, 3.8) is 0 Å². The third-order valence-electron chi connectivity index (χ3n) is 8.57. The Hall–Kier alpha value is -2.06. The van der Waals surface area contributed by atoms with Crippen molar-refractivity contribution < 1.29 is 9.18 Å². The first-order valence-corrected chi connectivity index (χ1v) is 14.8. The van der Waals surface area contributed by atoms with Crippen molar-refractivity contribution in [3.8, 4) is 0 Å². The second-order valence-electron chi connectivity index (χ2n) is 11.6. The molecule has 2 heterocycles. The van der Waals surface area contributed by atoms with E-state index in [1.54, 1.807) is 0 Å². The number of nitrogens with zero attached hydrogens (tertiary/aromatic N) is 5. The lowest BCUT2D eigenvalue weighted by molar-refractivity contribution is -0.133. The first-order chi connectivity index (χ1) is 18.0. The van der Waals surface area contributed by atoms with Gasteiger partial charge in [-0.05, 0) is 67.6 Å². The zero-order valence-electron chi connectivity index (χ0n) is 21.7. The van der Waals surface area contributed by atoms with Gasteiger partial charge in [0, 0.05) is 55.8 Å². The molecular formula is C29H37BrFN5O. The van der Waals surface area contributed by atoms with Gasteiger partial charge in [-0.2, -0.15) is 0 Å². The van der Waals surface area contributed by atoms with E-state index in [9.17, 15) is 9.18 Å². The van der Waals surface area contributed by atoms with Crippen LogP contribution in [0.4, 0.5) is 10.2 Å². The van der Waals surface area contributed by atoms with Crippen LogP contribution in [0.1, 0.15) is 73.9 Å². The van der Waals surface area contributed by atoms with Crippen LogP contribution in [0.5, 0.6) is 0 Å². The topological polar surface area (TPSA) is 52.6 Å². The highest BCUT2D eigenvalue weighted by atomic mass is 79.9. The van der Waals surface area contributed by atoms with E-state index < -0.39 is 6.17 Å². The molecule has 3 aliphatic carbocycles. The average molecular weight is 571 g/mol. The van der Waals surface area contributed by atoms with E-state index in [1.807, 2.05) is 4.90 Å². The molecule has 4 aliphatic rings. The maximum Gasteiger partial charge on any atom is 0.231 e. The van der Waals surface area contributed by atoms with Crippen LogP contribution in [0.2, 0.25) is 0 Å². The molecule has 1 aromatic heterocycles. The number of hydrogen-bond donors (Lipinski definition) is 0. The summed E-state index contributed by atoms with van der Waals surface area (Å²) in [6.45, 7) is 7.83. The maximum atomic E-state index is 14.5. The van der Waals surface area contributed by atoms with Gasteiger partial charge in [0.25, 0.3) is 0 Å². The standard InChI is InChI=1S/C29H37BrFN5O/c1-19-14-25(31)27-26(19)28(33-18-32-27)35-10-12-36(13-11-35)29(37)24(22-6-8-23(30)9-7-22)17-34(15-20-2-3-20)16-21-4-5-21/h6-9,18-21,24-25H,2-5,10-17H2,1H3/t19-,24?,25+/m1/s1. The maximum absolute atomic E-state index is 14.5. The fourth-order valence-corrected chi connectivity index (χ4v) is 6.37. The number of hydrogen-bond acceptors (Lipinski definition) is 5. The van der Waals surface area contributed by atoms with E-state index in [-0.39, 0.29) is 17.7 Å². The van der Waals surface area contributed by atoms with Gasteiger partial charge in [0.05, 0.1) is 11.6 Å². The van der Waals surface area contributed by atoms with E-state index in [0.29, 0.717) is 38.3 Å². The van der Waals surface area contributed by atoms with Crippen molar-refractivity contribution in [1.82, 2.24) is 19.8 Å². The summed E-state index contributed by atoms with van der Waals surface area (Å²) in [6, 6.07) is 8.31. The van der Waals surface area contributed by atoms with Gasteiger partial charge in [0.2, 0.25) is 5.91 Å². The first kappa shape index (κ1) is 25.2. The zero-order valence-corrected chi connectivity index (χ0v) is 23.2. The molecule has 2 saturated carbocycles. The molecule has 1 unspecified atom stereocenters. The quantitative estimate of drug-likeness (QED) is 0.409. The molecule has 3 atom stereocenters. The Morgan fingerprint density at radius 2 is 1.70 bits per heavy atom. The molecule has 3 fully saturated rings. The molecule has 0 bridgehead atoms. The Labute approximate surface area is 227 Å². The Morgan fingerprint density at radius 3 is 2.32 bits per heavy atom. The second-order valence-corrected chi connectivity index (χ2v) is 12.5. The van der Waals surface area contributed by atoms with Crippen LogP contribution in [-0.2, 0) is 4.79 Å². The summed E-state index contributed by atoms with van der Waals surface area (Å²) in [6.07, 6.45) is 6.28. The van der Waals surface area contributed by atoms with Crippen LogP contribution in [0, 0.1) is 11.8 Å². The molecule has 6 nitrogen and oxygen atoms in total. The summed E-state index contributed by atoms with van der Waals surface area (Å²) in [5, 5.41) is 0. The molecule has 8 heteroatoms. The van der Waals surface area contributed by atoms with Gasteiger partial charge in [0.15, 0.2) is 0 Å². The first-order valence-electron chi connectivity index (χ1n) is 14.0. The van der Waals surface area contributed by atoms with Crippen LogP contribution < -0.4 is 4.90 Å². The van der Waals surface area contributed by atoms with Crippen molar-refractivity contribution in [2.75, 3.05) is 50.7 Å². The summed E-state index contributed by atoms with van der Waals surface area (Å²) in [4.78, 5) is 29.7. The summed E-state index contributed by atoms with van der Waals surface area (Å²) >= 11 is 3.55. The van der Waals surface area contributed by atoms with Crippen LogP contribution in [0.25, 0.3) is 0 Å². The van der Waals surface area contributed by atoms with E-state index >= 15 is 0 Å². The molecule has 1 amide bonds. The number of benzene rings is 1. The van der Waals surface area contributed by atoms with Crippen LogP contribution in [0.3, 0.4) is 0 Å². The lowest BCUT2D eigenvalue weighted by atomic mass is 9.96. The molecule has 1 aliphatic heterocycles. The number of amides is 1. The van der Waals surface area contributed by atoms with Crippen molar-refractivity contribution in [1.29, 1.82) is 0 Å². The normalized spacial score (nSPS) is 24.4. The van der Waals surface area contributed by atoms with Gasteiger partial charge in [-0.25, -0.2) is 14.4 Å². The molecule has 0 radical (unpaired) electrons. The van der Waals surface area contributed by atoms with E-state index in [0.717, 1.165) is 52.9 Å². The van der Waals surface area contributed by atoms with Gasteiger partial charge in [-0.3, -0.25) is 4.79 Å². The molecular weight excluding hydrogens is 533 g/mol. The van der Waals surface area contributed by atoms with E-state index in [2.05, 4.69) is 66.9 Å². The predicted octanol–water partition coefficient (Wildman–Crippen LogP) is 5.31. The molecule has 6 rings (SSSR count). The van der Waals surface area contributed by atoms with Crippen molar-refractivity contribution >= 4 is 27.7 Å². The van der Waals surface area contributed by atoms with Gasteiger partial charge in [-0.15, -0.1) is 0 Å². The Bertz CT molecular complexity index is 1100. The lowest BCUT2D eigenvalue weighted by Crippen LogP contribution is -2.51. The monoisotopic (exact) mass is 569 g/mol. The summed E-state index contributed by atoms with van der Waals surface area (Å²) in [5.41, 5.74) is 2.61. The SMILES string of the molecule is C[C@@H]1C[C@H](F)c2ncnc(N3CCN(C(=O)C(CN(CC4CC4)CC4CC4)c4ccc(Br)cc4)CC3)c21. The smallest absolute Gasteiger partial charge is 0.231 e. The van der Waals surface area contributed by atoms with Gasteiger partial charge in [0.1, 0.15) is 18.3 Å². The zero-order chi connectivity index (χ0) is 25.5. The molecule has 37 heavy (non-hydrogen) atoms. The summed E-state index contributed by atoms with van der Waals surface area (Å²) in [5.74, 6) is 2.66. The number of halogens is 2. The summed E-state index contributed by atoms with van der Waals surface area (Å²) in [7, 11) is 0. The number of piperazine rings is 1. The molecule has 0 N–H and O–H groups in total. The minimum absolute atomic E-state index is 0.117. The number of alkyl halides is 1.